The smallest absolute Gasteiger partial charge is 0.209 e. The van der Waals surface area contributed by atoms with Crippen LogP contribution in [-0.4, -0.2) is 31.9 Å². The minimum absolute atomic E-state index is 0.0286. The summed E-state index contributed by atoms with van der Waals surface area (Å²) in [5.74, 6) is 2.13. The number of fused-ring (bicyclic) bond motifs is 3. The van der Waals surface area contributed by atoms with Crippen molar-refractivity contribution in [1.29, 1.82) is 0 Å². The average molecular weight is 238 g/mol. The van der Waals surface area contributed by atoms with Crippen LogP contribution in [0.15, 0.2) is 12.1 Å². The quantitative estimate of drug-likeness (QED) is 0.840. The van der Waals surface area contributed by atoms with E-state index in [9.17, 15) is 5.11 Å². The number of aliphatic hydroxyl groups excluding tert-OH is 1. The topological polar surface area (TPSA) is 57.2 Å². The molecule has 2 aliphatic heterocycles. The first-order valence-electron chi connectivity index (χ1n) is 5.49. The lowest BCUT2D eigenvalue weighted by atomic mass is 9.97. The van der Waals surface area contributed by atoms with Gasteiger partial charge in [0, 0.05) is 24.1 Å². The van der Waals surface area contributed by atoms with Crippen LogP contribution in [0, 0.1) is 0 Å². The van der Waals surface area contributed by atoms with Gasteiger partial charge in [0.2, 0.25) is 6.29 Å². The second kappa shape index (κ2) is 3.78. The molecule has 0 saturated carbocycles. The van der Waals surface area contributed by atoms with Crippen LogP contribution in [0.1, 0.15) is 17.9 Å². The molecule has 3 atom stereocenters. The Hall–Kier alpha value is -1.46. The van der Waals surface area contributed by atoms with Crippen LogP contribution in [-0.2, 0) is 4.74 Å². The van der Waals surface area contributed by atoms with Crippen LogP contribution < -0.4 is 14.2 Å². The molecule has 5 heteroatoms. The molecule has 1 aromatic rings. The molecular weight excluding hydrogens is 224 g/mol. The van der Waals surface area contributed by atoms with Crippen molar-refractivity contribution < 1.29 is 24.1 Å². The molecule has 0 spiro atoms. The van der Waals surface area contributed by atoms with E-state index in [0.29, 0.717) is 23.7 Å². The fourth-order valence-corrected chi connectivity index (χ4v) is 2.45. The zero-order valence-electron chi connectivity index (χ0n) is 9.67. The van der Waals surface area contributed by atoms with Gasteiger partial charge in [0.25, 0.3) is 0 Å². The van der Waals surface area contributed by atoms with Gasteiger partial charge in [-0.25, -0.2) is 0 Å². The van der Waals surface area contributed by atoms with Crippen molar-refractivity contribution in [2.45, 2.75) is 24.9 Å². The van der Waals surface area contributed by atoms with Gasteiger partial charge in [-0.15, -0.1) is 0 Å². The number of methoxy groups -OCH3 is 2. The van der Waals surface area contributed by atoms with Crippen molar-refractivity contribution in [3.63, 3.8) is 0 Å². The fourth-order valence-electron chi connectivity index (χ4n) is 2.45. The summed E-state index contributed by atoms with van der Waals surface area (Å²) in [5, 5.41) is 9.46. The second-order valence-corrected chi connectivity index (χ2v) is 4.16. The molecule has 3 rings (SSSR count). The normalized spacial score (nSPS) is 29.5. The molecule has 0 amide bonds. The molecule has 1 fully saturated rings. The number of rotatable bonds is 2. The molecule has 3 unspecified atom stereocenters. The Bertz CT molecular complexity index is 445. The number of aliphatic hydroxyl groups is 1. The van der Waals surface area contributed by atoms with Gasteiger partial charge in [0.1, 0.15) is 17.2 Å². The predicted octanol–water partition coefficient (Wildman–Crippen LogP) is 1.24. The summed E-state index contributed by atoms with van der Waals surface area (Å²) in [7, 11) is 3.20. The van der Waals surface area contributed by atoms with Crippen molar-refractivity contribution >= 4 is 0 Å². The number of benzene rings is 1. The summed E-state index contributed by atoms with van der Waals surface area (Å²) >= 11 is 0. The first kappa shape index (κ1) is 10.7. The molecule has 0 aliphatic carbocycles. The highest BCUT2D eigenvalue weighted by molar-refractivity contribution is 5.55. The van der Waals surface area contributed by atoms with E-state index in [-0.39, 0.29) is 5.92 Å². The third-order valence-electron chi connectivity index (χ3n) is 3.22. The van der Waals surface area contributed by atoms with Crippen LogP contribution in [0.25, 0.3) is 0 Å². The van der Waals surface area contributed by atoms with Gasteiger partial charge in [-0.3, -0.25) is 0 Å². The van der Waals surface area contributed by atoms with E-state index in [1.54, 1.807) is 14.2 Å². The van der Waals surface area contributed by atoms with Crippen molar-refractivity contribution in [3.05, 3.63) is 17.7 Å². The van der Waals surface area contributed by atoms with E-state index in [0.717, 1.165) is 5.56 Å². The number of ether oxygens (including phenoxy) is 4. The summed E-state index contributed by atoms with van der Waals surface area (Å²) < 4.78 is 21.4. The highest BCUT2D eigenvalue weighted by Crippen LogP contribution is 2.51. The van der Waals surface area contributed by atoms with E-state index in [2.05, 4.69) is 0 Å². The summed E-state index contributed by atoms with van der Waals surface area (Å²) in [6.45, 7) is 0. The highest BCUT2D eigenvalue weighted by atomic mass is 16.7. The maximum Gasteiger partial charge on any atom is 0.209 e. The lowest BCUT2D eigenvalue weighted by Crippen LogP contribution is -2.16. The molecule has 5 nitrogen and oxygen atoms in total. The largest absolute Gasteiger partial charge is 0.496 e. The molecular formula is C12H14O5. The number of hydrogen-bond donors (Lipinski definition) is 1. The van der Waals surface area contributed by atoms with Gasteiger partial charge in [-0.05, 0) is 0 Å². The zero-order chi connectivity index (χ0) is 12.0. The molecule has 17 heavy (non-hydrogen) atoms. The van der Waals surface area contributed by atoms with Crippen molar-refractivity contribution in [1.82, 2.24) is 0 Å². The van der Waals surface area contributed by atoms with E-state index in [1.165, 1.54) is 0 Å². The molecule has 1 aromatic carbocycles. The van der Waals surface area contributed by atoms with Crippen LogP contribution in [0.5, 0.6) is 17.2 Å². The van der Waals surface area contributed by atoms with Gasteiger partial charge in [0.15, 0.2) is 6.29 Å². The first-order chi connectivity index (χ1) is 8.22. The molecule has 0 bridgehead atoms. The minimum Gasteiger partial charge on any atom is -0.496 e. The Morgan fingerprint density at radius 2 is 2.12 bits per heavy atom. The first-order valence-corrected chi connectivity index (χ1v) is 5.49. The Morgan fingerprint density at radius 3 is 2.82 bits per heavy atom. The highest BCUT2D eigenvalue weighted by Gasteiger charge is 2.45. The predicted molar refractivity (Wildman–Crippen MR) is 58.4 cm³/mol. The summed E-state index contributed by atoms with van der Waals surface area (Å²) in [4.78, 5) is 0. The standard InChI is InChI=1S/C12H14O5/c1-14-6-3-8(15-2)11-7-5-10(13)17-12(7)16-9(11)4-6/h3-4,7,10,12-13H,5H2,1-2H3. The molecule has 1 saturated heterocycles. The van der Waals surface area contributed by atoms with Crippen molar-refractivity contribution in [2.24, 2.45) is 0 Å². The lowest BCUT2D eigenvalue weighted by Gasteiger charge is -2.11. The lowest BCUT2D eigenvalue weighted by molar-refractivity contribution is -0.147. The molecule has 1 N–H and O–H groups in total. The minimum atomic E-state index is -0.759. The SMILES string of the molecule is COc1cc(OC)c2c(c1)OC1OC(O)CC21. The zero-order valence-corrected chi connectivity index (χ0v) is 9.67. The Morgan fingerprint density at radius 1 is 1.29 bits per heavy atom. The molecule has 2 heterocycles. The van der Waals surface area contributed by atoms with Crippen LogP contribution in [0.2, 0.25) is 0 Å². The number of hydrogen-bond acceptors (Lipinski definition) is 5. The molecule has 2 aliphatic rings. The van der Waals surface area contributed by atoms with Gasteiger partial charge in [0.05, 0.1) is 20.1 Å². The Labute approximate surface area is 98.9 Å². The summed E-state index contributed by atoms with van der Waals surface area (Å²) in [6.07, 6.45) is -0.647. The van der Waals surface area contributed by atoms with Gasteiger partial charge in [-0.2, -0.15) is 0 Å². The van der Waals surface area contributed by atoms with Crippen LogP contribution >= 0.6 is 0 Å². The van der Waals surface area contributed by atoms with E-state index < -0.39 is 12.6 Å². The van der Waals surface area contributed by atoms with Gasteiger partial charge >= 0.3 is 0 Å². The van der Waals surface area contributed by atoms with Crippen LogP contribution in [0.4, 0.5) is 0 Å². The summed E-state index contributed by atoms with van der Waals surface area (Å²) in [6, 6.07) is 3.63. The van der Waals surface area contributed by atoms with E-state index in [4.69, 9.17) is 18.9 Å². The van der Waals surface area contributed by atoms with E-state index in [1.807, 2.05) is 12.1 Å². The average Bonchev–Trinajstić information content (AvgIpc) is 2.82. The maximum atomic E-state index is 9.46. The van der Waals surface area contributed by atoms with Crippen molar-refractivity contribution in [3.8, 4) is 17.2 Å². The Kier molecular flexibility index (Phi) is 2.38. The van der Waals surface area contributed by atoms with Gasteiger partial charge < -0.3 is 24.1 Å². The third kappa shape index (κ3) is 1.54. The monoisotopic (exact) mass is 238 g/mol. The molecule has 0 radical (unpaired) electrons. The Balaban J connectivity index is 2.06. The molecule has 92 valence electrons. The maximum absolute atomic E-state index is 9.46. The van der Waals surface area contributed by atoms with Crippen molar-refractivity contribution in [2.75, 3.05) is 14.2 Å². The van der Waals surface area contributed by atoms with Crippen LogP contribution in [0.3, 0.4) is 0 Å². The van der Waals surface area contributed by atoms with Gasteiger partial charge in [-0.1, -0.05) is 0 Å². The third-order valence-corrected chi connectivity index (χ3v) is 3.22. The van der Waals surface area contributed by atoms with E-state index >= 15 is 0 Å². The second-order valence-electron chi connectivity index (χ2n) is 4.16. The molecule has 0 aromatic heterocycles. The fraction of sp³-hybridized carbons (Fsp3) is 0.500. The summed E-state index contributed by atoms with van der Waals surface area (Å²) in [5.41, 5.74) is 0.954.